The van der Waals surface area contributed by atoms with Gasteiger partial charge >= 0.3 is 0 Å². The topological polar surface area (TPSA) is 21.3 Å². The summed E-state index contributed by atoms with van der Waals surface area (Å²) in [5.74, 6) is 0.0738. The van der Waals surface area contributed by atoms with Gasteiger partial charge in [-0.2, -0.15) is 0 Å². The first-order valence-corrected chi connectivity index (χ1v) is 5.94. The number of ether oxygens (including phenoxy) is 1. The van der Waals surface area contributed by atoms with Gasteiger partial charge in [0.15, 0.2) is 11.6 Å². The van der Waals surface area contributed by atoms with Gasteiger partial charge in [0.05, 0.1) is 6.61 Å². The van der Waals surface area contributed by atoms with E-state index in [0.717, 1.165) is 12.1 Å². The van der Waals surface area contributed by atoms with Gasteiger partial charge in [-0.1, -0.05) is 12.5 Å². The van der Waals surface area contributed by atoms with Gasteiger partial charge in [0.25, 0.3) is 0 Å². The zero-order valence-electron chi connectivity index (χ0n) is 9.63. The Morgan fingerprint density at radius 3 is 2.81 bits per heavy atom. The second-order valence-electron chi connectivity index (χ2n) is 4.21. The van der Waals surface area contributed by atoms with Crippen molar-refractivity contribution in [3.05, 3.63) is 29.6 Å². The van der Waals surface area contributed by atoms with E-state index in [2.05, 4.69) is 5.32 Å². The summed E-state index contributed by atoms with van der Waals surface area (Å²) in [7, 11) is 0. The maximum Gasteiger partial charge on any atom is 0.165 e. The fraction of sp³-hybridized carbons (Fsp3) is 0.538. The Hall–Kier alpha value is -1.09. The molecule has 2 rings (SSSR count). The fourth-order valence-electron chi connectivity index (χ4n) is 1.80. The normalized spacial score (nSPS) is 15.9. The van der Waals surface area contributed by atoms with Crippen molar-refractivity contribution in [2.45, 2.75) is 38.8 Å². The molecule has 0 spiro atoms. The van der Waals surface area contributed by atoms with Gasteiger partial charge in [0.2, 0.25) is 0 Å². The summed E-state index contributed by atoms with van der Waals surface area (Å²) in [6, 6.07) is 5.81. The van der Waals surface area contributed by atoms with Crippen LogP contribution >= 0.6 is 0 Å². The van der Waals surface area contributed by atoms with E-state index < -0.39 is 0 Å². The molecule has 0 amide bonds. The Balaban J connectivity index is 1.91. The van der Waals surface area contributed by atoms with Gasteiger partial charge in [-0.25, -0.2) is 4.39 Å². The van der Waals surface area contributed by atoms with E-state index in [0.29, 0.717) is 18.4 Å². The Bertz CT molecular complexity index is 350. The molecule has 0 unspecified atom stereocenters. The first-order valence-electron chi connectivity index (χ1n) is 5.94. The molecule has 1 fully saturated rings. The standard InChI is InChI=1S/C13H18FNO/c1-2-16-13-7-6-10(8-12(13)14)9-15-11-4-3-5-11/h6-8,11,15H,2-5,9H2,1H3. The summed E-state index contributed by atoms with van der Waals surface area (Å²) in [6.07, 6.45) is 3.81. The smallest absolute Gasteiger partial charge is 0.165 e. The summed E-state index contributed by atoms with van der Waals surface area (Å²) >= 11 is 0. The Labute approximate surface area is 95.8 Å². The number of hydrogen-bond acceptors (Lipinski definition) is 2. The maximum absolute atomic E-state index is 13.5. The number of nitrogens with one attached hydrogen (secondary N) is 1. The maximum atomic E-state index is 13.5. The van der Waals surface area contributed by atoms with E-state index >= 15 is 0 Å². The molecule has 1 aromatic rings. The molecule has 1 N–H and O–H groups in total. The minimum absolute atomic E-state index is 0.269. The van der Waals surface area contributed by atoms with Crippen molar-refractivity contribution in [3.63, 3.8) is 0 Å². The average molecular weight is 223 g/mol. The molecule has 0 bridgehead atoms. The zero-order valence-corrected chi connectivity index (χ0v) is 9.63. The van der Waals surface area contributed by atoms with Crippen LogP contribution in [0.4, 0.5) is 4.39 Å². The lowest BCUT2D eigenvalue weighted by Gasteiger charge is -2.26. The highest BCUT2D eigenvalue weighted by atomic mass is 19.1. The van der Waals surface area contributed by atoms with Crippen LogP contribution in [0.5, 0.6) is 5.75 Å². The predicted octanol–water partition coefficient (Wildman–Crippen LogP) is 2.87. The van der Waals surface area contributed by atoms with E-state index in [9.17, 15) is 4.39 Å². The predicted molar refractivity (Wildman–Crippen MR) is 62.0 cm³/mol. The van der Waals surface area contributed by atoms with Crippen molar-refractivity contribution < 1.29 is 9.13 Å². The lowest BCUT2D eigenvalue weighted by Crippen LogP contribution is -2.34. The van der Waals surface area contributed by atoms with E-state index in [-0.39, 0.29) is 5.82 Å². The molecule has 0 radical (unpaired) electrons. The third-order valence-electron chi connectivity index (χ3n) is 3.00. The molecule has 1 aromatic carbocycles. The Kier molecular flexibility index (Phi) is 3.78. The van der Waals surface area contributed by atoms with E-state index in [1.807, 2.05) is 13.0 Å². The summed E-state index contributed by atoms with van der Waals surface area (Å²) < 4.78 is 18.7. The van der Waals surface area contributed by atoms with Crippen LogP contribution < -0.4 is 10.1 Å². The summed E-state index contributed by atoms with van der Waals surface area (Å²) in [5, 5.41) is 3.41. The molecule has 0 saturated heterocycles. The minimum Gasteiger partial charge on any atom is -0.491 e. The molecule has 0 heterocycles. The van der Waals surface area contributed by atoms with Crippen LogP contribution in [0, 0.1) is 5.82 Å². The molecule has 2 nitrogen and oxygen atoms in total. The highest BCUT2D eigenvalue weighted by Gasteiger charge is 2.16. The highest BCUT2D eigenvalue weighted by molar-refractivity contribution is 5.29. The van der Waals surface area contributed by atoms with Crippen molar-refractivity contribution in [1.82, 2.24) is 5.32 Å². The van der Waals surface area contributed by atoms with Gasteiger partial charge in [-0.3, -0.25) is 0 Å². The quantitative estimate of drug-likeness (QED) is 0.828. The van der Waals surface area contributed by atoms with E-state index in [4.69, 9.17) is 4.74 Å². The van der Waals surface area contributed by atoms with Crippen molar-refractivity contribution in [2.75, 3.05) is 6.61 Å². The van der Waals surface area contributed by atoms with Gasteiger partial charge in [0, 0.05) is 12.6 Å². The third-order valence-corrected chi connectivity index (χ3v) is 3.00. The van der Waals surface area contributed by atoms with Crippen LogP contribution in [0.15, 0.2) is 18.2 Å². The lowest BCUT2D eigenvalue weighted by atomic mass is 9.93. The fourth-order valence-corrected chi connectivity index (χ4v) is 1.80. The van der Waals surface area contributed by atoms with Gasteiger partial charge < -0.3 is 10.1 Å². The lowest BCUT2D eigenvalue weighted by molar-refractivity contribution is 0.320. The molecule has 0 aromatic heterocycles. The minimum atomic E-state index is -0.269. The van der Waals surface area contributed by atoms with E-state index in [1.165, 1.54) is 19.3 Å². The second kappa shape index (κ2) is 5.30. The van der Waals surface area contributed by atoms with Crippen molar-refractivity contribution in [2.24, 2.45) is 0 Å². The monoisotopic (exact) mass is 223 g/mol. The molecular formula is C13H18FNO. The third kappa shape index (κ3) is 2.73. The van der Waals surface area contributed by atoms with Gasteiger partial charge in [0.1, 0.15) is 0 Å². The molecule has 0 atom stereocenters. The molecule has 1 saturated carbocycles. The average Bonchev–Trinajstić information content (AvgIpc) is 2.20. The van der Waals surface area contributed by atoms with Crippen molar-refractivity contribution in [3.8, 4) is 5.75 Å². The van der Waals surface area contributed by atoms with Gasteiger partial charge in [-0.05, 0) is 37.5 Å². The van der Waals surface area contributed by atoms with Crippen LogP contribution in [0.3, 0.4) is 0 Å². The second-order valence-corrected chi connectivity index (χ2v) is 4.21. The zero-order chi connectivity index (χ0) is 11.4. The molecule has 0 aliphatic heterocycles. The Morgan fingerprint density at radius 1 is 1.44 bits per heavy atom. The molecular weight excluding hydrogens is 205 g/mol. The van der Waals surface area contributed by atoms with E-state index in [1.54, 1.807) is 12.1 Å². The number of halogens is 1. The van der Waals surface area contributed by atoms with Gasteiger partial charge in [-0.15, -0.1) is 0 Å². The van der Waals surface area contributed by atoms with Crippen LogP contribution in [0.2, 0.25) is 0 Å². The largest absolute Gasteiger partial charge is 0.491 e. The summed E-state index contributed by atoms with van der Waals surface area (Å²) in [5.41, 5.74) is 0.979. The number of rotatable bonds is 5. The van der Waals surface area contributed by atoms with Crippen LogP contribution in [0.1, 0.15) is 31.7 Å². The first-order chi connectivity index (χ1) is 7.79. The molecule has 16 heavy (non-hydrogen) atoms. The SMILES string of the molecule is CCOc1ccc(CNC2CCC2)cc1F. The number of hydrogen-bond donors (Lipinski definition) is 1. The molecule has 1 aliphatic carbocycles. The van der Waals surface area contributed by atoms with Crippen LogP contribution in [0.25, 0.3) is 0 Å². The Morgan fingerprint density at radius 2 is 2.25 bits per heavy atom. The van der Waals surface area contributed by atoms with Crippen molar-refractivity contribution in [1.29, 1.82) is 0 Å². The summed E-state index contributed by atoms with van der Waals surface area (Å²) in [6.45, 7) is 3.09. The first kappa shape index (κ1) is 11.4. The van der Waals surface area contributed by atoms with Crippen LogP contribution in [-0.2, 0) is 6.54 Å². The summed E-state index contributed by atoms with van der Waals surface area (Å²) in [4.78, 5) is 0. The molecule has 3 heteroatoms. The molecule has 88 valence electrons. The van der Waals surface area contributed by atoms with Crippen molar-refractivity contribution >= 4 is 0 Å². The highest BCUT2D eigenvalue weighted by Crippen LogP contribution is 2.20. The number of benzene rings is 1. The molecule has 1 aliphatic rings. The van der Waals surface area contributed by atoms with Crippen LogP contribution in [-0.4, -0.2) is 12.6 Å².